The number of halogens is 3. The molecule has 4 rings (SSSR count). The van der Waals surface area contributed by atoms with E-state index >= 15 is 0 Å². The van der Waals surface area contributed by atoms with E-state index in [0.29, 0.717) is 12.1 Å². The zero-order chi connectivity index (χ0) is 22.2. The summed E-state index contributed by atoms with van der Waals surface area (Å²) in [6.45, 7) is 2.43. The second-order valence-corrected chi connectivity index (χ2v) is 7.60. The Morgan fingerprint density at radius 2 is 1.84 bits per heavy atom. The van der Waals surface area contributed by atoms with Crippen LogP contribution in [-0.2, 0) is 23.9 Å². The molecule has 0 saturated carbocycles. The zero-order valence-electron chi connectivity index (χ0n) is 16.8. The third-order valence-electron chi connectivity index (χ3n) is 5.35. The number of nitrogens with zero attached hydrogens (tertiary/aromatic N) is 3. The van der Waals surface area contributed by atoms with Crippen LogP contribution >= 0.6 is 0 Å². The predicted octanol–water partition coefficient (Wildman–Crippen LogP) is 4.22. The summed E-state index contributed by atoms with van der Waals surface area (Å²) in [6, 6.07) is 11.6. The van der Waals surface area contributed by atoms with Crippen LogP contribution < -0.4 is 10.5 Å². The Kier molecular flexibility index (Phi) is 5.39. The second-order valence-electron chi connectivity index (χ2n) is 7.60. The van der Waals surface area contributed by atoms with Crippen LogP contribution in [0.25, 0.3) is 11.3 Å². The molecule has 5 nitrogen and oxygen atoms in total. The van der Waals surface area contributed by atoms with Crippen molar-refractivity contribution in [1.29, 1.82) is 0 Å². The summed E-state index contributed by atoms with van der Waals surface area (Å²) in [5.41, 5.74) is 2.54. The number of fused-ring (bicyclic) bond motifs is 1. The summed E-state index contributed by atoms with van der Waals surface area (Å²) < 4.78 is 39.4. The number of amides is 1. The number of anilines is 1. The lowest BCUT2D eigenvalue weighted by Gasteiger charge is -2.30. The van der Waals surface area contributed by atoms with Crippen LogP contribution in [0.1, 0.15) is 23.1 Å². The number of rotatable bonds is 3. The standard InChI is InChI=1S/C23H20F3N3O2/c1-15-4-9-20-17(11-15)3-2-10-29(20)22(31)13-28-14-27-19(12-21(28)30)16-5-7-18(8-6-16)23(24,25)26/h4-9,11-12,14H,2-3,10,13H2,1H3. The van der Waals surface area contributed by atoms with Crippen molar-refractivity contribution in [1.82, 2.24) is 9.55 Å². The van der Waals surface area contributed by atoms with Gasteiger partial charge in [-0.15, -0.1) is 0 Å². The molecule has 160 valence electrons. The fraction of sp³-hybridized carbons (Fsp3) is 0.261. The van der Waals surface area contributed by atoms with Crippen LogP contribution in [0.15, 0.2) is 59.7 Å². The van der Waals surface area contributed by atoms with Gasteiger partial charge >= 0.3 is 6.18 Å². The summed E-state index contributed by atoms with van der Waals surface area (Å²) in [4.78, 5) is 31.3. The lowest BCUT2D eigenvalue weighted by Crippen LogP contribution is -2.39. The average molecular weight is 427 g/mol. The molecule has 0 radical (unpaired) electrons. The van der Waals surface area contributed by atoms with Crippen LogP contribution in [-0.4, -0.2) is 22.0 Å². The van der Waals surface area contributed by atoms with Crippen LogP contribution in [0.3, 0.4) is 0 Å². The molecule has 3 aromatic rings. The van der Waals surface area contributed by atoms with Crippen LogP contribution in [0, 0.1) is 6.92 Å². The van der Waals surface area contributed by atoms with E-state index in [1.165, 1.54) is 29.1 Å². The molecule has 31 heavy (non-hydrogen) atoms. The van der Waals surface area contributed by atoms with Crippen LogP contribution in [0.4, 0.5) is 18.9 Å². The van der Waals surface area contributed by atoms with Gasteiger partial charge in [0.1, 0.15) is 6.54 Å². The maximum Gasteiger partial charge on any atom is 0.416 e. The number of carbonyl (C=O) groups excluding carboxylic acids is 1. The van der Waals surface area contributed by atoms with Gasteiger partial charge < -0.3 is 4.90 Å². The number of hydrogen-bond acceptors (Lipinski definition) is 3. The fourth-order valence-electron chi connectivity index (χ4n) is 3.75. The third-order valence-corrected chi connectivity index (χ3v) is 5.35. The number of aryl methyl sites for hydroxylation is 2. The lowest BCUT2D eigenvalue weighted by molar-refractivity contribution is -0.137. The van der Waals surface area contributed by atoms with E-state index < -0.39 is 17.3 Å². The number of carbonyl (C=O) groups is 1. The molecule has 1 aliphatic rings. The molecule has 2 heterocycles. The first kappa shape index (κ1) is 20.8. The number of benzene rings is 2. The molecule has 0 spiro atoms. The van der Waals surface area contributed by atoms with E-state index in [-0.39, 0.29) is 18.1 Å². The first-order valence-electron chi connectivity index (χ1n) is 9.86. The van der Waals surface area contributed by atoms with E-state index in [2.05, 4.69) is 11.1 Å². The average Bonchev–Trinajstić information content (AvgIpc) is 2.74. The maximum atomic E-state index is 12.9. The third kappa shape index (κ3) is 4.38. The minimum absolute atomic E-state index is 0.160. The highest BCUT2D eigenvalue weighted by atomic mass is 19.4. The van der Waals surface area contributed by atoms with Crippen molar-refractivity contribution in [2.45, 2.75) is 32.5 Å². The smallest absolute Gasteiger partial charge is 0.311 e. The molecule has 8 heteroatoms. The van der Waals surface area contributed by atoms with Crippen molar-refractivity contribution >= 4 is 11.6 Å². The van der Waals surface area contributed by atoms with Crippen molar-refractivity contribution in [3.05, 3.63) is 81.9 Å². The highest BCUT2D eigenvalue weighted by Crippen LogP contribution is 2.30. The van der Waals surface area contributed by atoms with E-state index in [1.54, 1.807) is 4.90 Å². The predicted molar refractivity (Wildman–Crippen MR) is 111 cm³/mol. The molecule has 1 aliphatic heterocycles. The van der Waals surface area contributed by atoms with Gasteiger partial charge in [-0.05, 0) is 43.5 Å². The van der Waals surface area contributed by atoms with Crippen molar-refractivity contribution in [2.24, 2.45) is 0 Å². The first-order valence-corrected chi connectivity index (χ1v) is 9.86. The topological polar surface area (TPSA) is 55.2 Å². The number of aromatic nitrogens is 2. The highest BCUT2D eigenvalue weighted by Gasteiger charge is 2.30. The Morgan fingerprint density at radius 1 is 1.10 bits per heavy atom. The van der Waals surface area contributed by atoms with Crippen molar-refractivity contribution in [3.8, 4) is 11.3 Å². The molecule has 1 aromatic heterocycles. The van der Waals surface area contributed by atoms with E-state index in [4.69, 9.17) is 0 Å². The fourth-order valence-corrected chi connectivity index (χ4v) is 3.75. The Bertz CT molecular complexity index is 1180. The Morgan fingerprint density at radius 3 is 2.52 bits per heavy atom. The van der Waals surface area contributed by atoms with Gasteiger partial charge in [-0.2, -0.15) is 13.2 Å². The minimum Gasteiger partial charge on any atom is -0.311 e. The van der Waals surface area contributed by atoms with Gasteiger partial charge in [0.2, 0.25) is 5.91 Å². The summed E-state index contributed by atoms with van der Waals surface area (Å²) >= 11 is 0. The maximum absolute atomic E-state index is 12.9. The van der Waals surface area contributed by atoms with Gasteiger partial charge in [0.05, 0.1) is 17.6 Å². The molecule has 0 unspecified atom stereocenters. The van der Waals surface area contributed by atoms with Crippen molar-refractivity contribution in [3.63, 3.8) is 0 Å². The lowest BCUT2D eigenvalue weighted by atomic mass is 9.99. The van der Waals surface area contributed by atoms with E-state index in [1.807, 2.05) is 19.1 Å². The van der Waals surface area contributed by atoms with Gasteiger partial charge in [-0.25, -0.2) is 4.98 Å². The van der Waals surface area contributed by atoms with Crippen molar-refractivity contribution in [2.75, 3.05) is 11.4 Å². The van der Waals surface area contributed by atoms with Gasteiger partial charge in [-0.1, -0.05) is 29.8 Å². The molecule has 0 bridgehead atoms. The summed E-state index contributed by atoms with van der Waals surface area (Å²) in [6.07, 6.45) is -1.42. The highest BCUT2D eigenvalue weighted by molar-refractivity contribution is 5.94. The van der Waals surface area contributed by atoms with Gasteiger partial charge in [-0.3, -0.25) is 14.2 Å². The molecule has 1 amide bonds. The Labute approximate surface area is 176 Å². The molecule has 0 saturated heterocycles. The SMILES string of the molecule is Cc1ccc2c(c1)CCCN2C(=O)Cn1cnc(-c2ccc(C(F)(F)F)cc2)cc1=O. The van der Waals surface area contributed by atoms with Crippen molar-refractivity contribution < 1.29 is 18.0 Å². The minimum atomic E-state index is -4.43. The molecule has 0 fully saturated rings. The van der Waals surface area contributed by atoms with Crippen LogP contribution in [0.2, 0.25) is 0 Å². The summed E-state index contributed by atoms with van der Waals surface area (Å²) in [5.74, 6) is -0.212. The summed E-state index contributed by atoms with van der Waals surface area (Å²) in [5, 5.41) is 0. The molecule has 2 aromatic carbocycles. The van der Waals surface area contributed by atoms with Gasteiger partial charge in [0, 0.05) is 23.9 Å². The normalized spacial score (nSPS) is 13.7. The zero-order valence-corrected chi connectivity index (χ0v) is 16.8. The Hall–Kier alpha value is -3.42. The Balaban J connectivity index is 1.53. The quantitative estimate of drug-likeness (QED) is 0.629. The first-order chi connectivity index (χ1) is 14.7. The molecular formula is C23H20F3N3O2. The molecule has 0 atom stereocenters. The molecule has 0 N–H and O–H groups in total. The van der Waals surface area contributed by atoms with Crippen LogP contribution in [0.5, 0.6) is 0 Å². The summed E-state index contributed by atoms with van der Waals surface area (Å²) in [7, 11) is 0. The monoisotopic (exact) mass is 427 g/mol. The molecule has 0 aliphatic carbocycles. The van der Waals surface area contributed by atoms with Gasteiger partial charge in [0.25, 0.3) is 5.56 Å². The second kappa shape index (κ2) is 8.02. The molecular weight excluding hydrogens is 407 g/mol. The number of alkyl halides is 3. The van der Waals surface area contributed by atoms with E-state index in [9.17, 15) is 22.8 Å². The number of hydrogen-bond donors (Lipinski definition) is 0. The van der Waals surface area contributed by atoms with Gasteiger partial charge in [0.15, 0.2) is 0 Å². The largest absolute Gasteiger partial charge is 0.416 e. The van der Waals surface area contributed by atoms with E-state index in [0.717, 1.165) is 41.8 Å².